The van der Waals surface area contributed by atoms with Gasteiger partial charge in [0.1, 0.15) is 6.61 Å². The minimum atomic E-state index is -0.836. The van der Waals surface area contributed by atoms with Gasteiger partial charge in [0.2, 0.25) is 5.91 Å². The van der Waals surface area contributed by atoms with Crippen LogP contribution < -0.4 is 5.32 Å². The summed E-state index contributed by atoms with van der Waals surface area (Å²) < 4.78 is 5.60. The van der Waals surface area contributed by atoms with Gasteiger partial charge in [0.15, 0.2) is 0 Å². The van der Waals surface area contributed by atoms with E-state index in [-0.39, 0.29) is 49.2 Å². The number of fused-ring (bicyclic) bond motifs is 3. The minimum Gasteiger partial charge on any atom is -0.481 e. The van der Waals surface area contributed by atoms with E-state index in [1.165, 1.54) is 11.1 Å². The van der Waals surface area contributed by atoms with Crippen molar-refractivity contribution in [3.63, 3.8) is 0 Å². The summed E-state index contributed by atoms with van der Waals surface area (Å²) >= 11 is 0. The average molecular weight is 465 g/mol. The number of nitrogens with one attached hydrogen (secondary N) is 1. The summed E-state index contributed by atoms with van der Waals surface area (Å²) in [6.07, 6.45) is 0.238. The summed E-state index contributed by atoms with van der Waals surface area (Å²) in [5, 5.41) is 11.8. The molecule has 1 fully saturated rings. The number of aliphatic carboxylic acids is 1. The highest BCUT2D eigenvalue weighted by Gasteiger charge is 2.34. The smallest absolute Gasteiger partial charge is 0.407 e. The lowest BCUT2D eigenvalue weighted by molar-refractivity contribution is -0.139. The van der Waals surface area contributed by atoms with Crippen molar-refractivity contribution in [2.24, 2.45) is 17.8 Å². The quantitative estimate of drug-likeness (QED) is 0.613. The van der Waals surface area contributed by atoms with E-state index in [1.54, 1.807) is 4.90 Å². The van der Waals surface area contributed by atoms with Gasteiger partial charge in [-0.05, 0) is 40.5 Å². The number of carboxylic acids is 1. The normalized spacial score (nSPS) is 17.9. The van der Waals surface area contributed by atoms with Gasteiger partial charge >= 0.3 is 12.1 Å². The Balaban J connectivity index is 1.32. The van der Waals surface area contributed by atoms with Gasteiger partial charge in [-0.3, -0.25) is 9.59 Å². The molecule has 180 valence electrons. The Morgan fingerprint density at radius 1 is 1.06 bits per heavy atom. The number of carbonyl (C=O) groups is 3. The molecule has 2 unspecified atom stereocenters. The van der Waals surface area contributed by atoms with E-state index < -0.39 is 12.1 Å². The lowest BCUT2D eigenvalue weighted by Gasteiger charge is -2.26. The van der Waals surface area contributed by atoms with Gasteiger partial charge in [-0.1, -0.05) is 62.4 Å². The van der Waals surface area contributed by atoms with Crippen LogP contribution in [0.15, 0.2) is 48.5 Å². The first-order valence-electron chi connectivity index (χ1n) is 11.9. The van der Waals surface area contributed by atoms with Crippen LogP contribution in [-0.2, 0) is 14.3 Å². The fourth-order valence-electron chi connectivity index (χ4n) is 5.13. The van der Waals surface area contributed by atoms with Crippen LogP contribution in [0.5, 0.6) is 0 Å². The third kappa shape index (κ3) is 5.08. The zero-order valence-corrected chi connectivity index (χ0v) is 19.7. The fraction of sp³-hybridized carbons (Fsp3) is 0.444. The third-order valence-corrected chi connectivity index (χ3v) is 6.99. The maximum Gasteiger partial charge on any atom is 0.407 e. The molecule has 1 aliphatic carbocycles. The van der Waals surface area contributed by atoms with Crippen molar-refractivity contribution in [3.05, 3.63) is 59.7 Å². The van der Waals surface area contributed by atoms with Gasteiger partial charge in [-0.15, -0.1) is 0 Å². The lowest BCUT2D eigenvalue weighted by atomic mass is 9.94. The number of rotatable bonds is 8. The standard InChI is InChI=1S/C27H32N2O5/c1-17(2)23(26(32)29-12-11-18(15-29)13-25(30)31)14-28-27(33)34-16-24-21-9-5-3-7-19(21)20-8-4-6-10-22(20)24/h3-10,17-18,23-24H,11-16H2,1-2H3,(H,28,33)(H,30,31). The fourth-order valence-corrected chi connectivity index (χ4v) is 5.13. The first-order valence-corrected chi connectivity index (χ1v) is 11.9. The number of hydrogen-bond donors (Lipinski definition) is 2. The SMILES string of the molecule is CC(C)C(CNC(=O)OCC1c2ccccc2-c2ccccc21)C(=O)N1CCC(CC(=O)O)C1. The van der Waals surface area contributed by atoms with Gasteiger partial charge in [0.05, 0.1) is 5.92 Å². The Kier molecular flexibility index (Phi) is 7.20. The number of benzene rings is 2. The number of likely N-dealkylation sites (tertiary alicyclic amines) is 1. The van der Waals surface area contributed by atoms with Crippen LogP contribution >= 0.6 is 0 Å². The highest BCUT2D eigenvalue weighted by molar-refractivity contribution is 5.81. The molecule has 0 bridgehead atoms. The molecule has 7 nitrogen and oxygen atoms in total. The van der Waals surface area contributed by atoms with Gasteiger partial charge in [-0.25, -0.2) is 4.79 Å². The Bertz CT molecular complexity index is 1020. The molecule has 2 aromatic rings. The summed E-state index contributed by atoms with van der Waals surface area (Å²) in [6.45, 7) is 5.33. The Hall–Kier alpha value is -3.35. The monoisotopic (exact) mass is 464 g/mol. The molecule has 2 aromatic carbocycles. The number of amides is 2. The minimum absolute atomic E-state index is 0.00986. The third-order valence-electron chi connectivity index (χ3n) is 6.99. The molecular weight excluding hydrogens is 432 g/mol. The molecule has 1 heterocycles. The number of carboxylic acid groups (broad SMARTS) is 1. The van der Waals surface area contributed by atoms with Crippen molar-refractivity contribution in [2.75, 3.05) is 26.2 Å². The summed E-state index contributed by atoms with van der Waals surface area (Å²) in [5.41, 5.74) is 4.64. The Morgan fingerprint density at radius 2 is 1.68 bits per heavy atom. The summed E-state index contributed by atoms with van der Waals surface area (Å²) in [7, 11) is 0. The largest absolute Gasteiger partial charge is 0.481 e. The molecule has 0 spiro atoms. The van der Waals surface area contributed by atoms with E-state index in [2.05, 4.69) is 29.6 Å². The number of hydrogen-bond acceptors (Lipinski definition) is 4. The number of nitrogens with zero attached hydrogens (tertiary/aromatic N) is 1. The van der Waals surface area contributed by atoms with Crippen molar-refractivity contribution >= 4 is 18.0 Å². The van der Waals surface area contributed by atoms with Crippen molar-refractivity contribution in [1.29, 1.82) is 0 Å². The molecule has 2 amide bonds. The lowest BCUT2D eigenvalue weighted by Crippen LogP contribution is -2.43. The van der Waals surface area contributed by atoms with Crippen LogP contribution in [0.4, 0.5) is 4.79 Å². The van der Waals surface area contributed by atoms with Crippen molar-refractivity contribution in [2.45, 2.75) is 32.6 Å². The summed E-state index contributed by atoms with van der Waals surface area (Å²) in [4.78, 5) is 38.3. The van der Waals surface area contributed by atoms with E-state index in [4.69, 9.17) is 9.84 Å². The van der Waals surface area contributed by atoms with E-state index in [0.29, 0.717) is 19.5 Å². The second kappa shape index (κ2) is 10.3. The molecule has 1 aliphatic heterocycles. The predicted molar refractivity (Wildman–Crippen MR) is 128 cm³/mol. The van der Waals surface area contributed by atoms with Crippen molar-refractivity contribution in [1.82, 2.24) is 10.2 Å². The van der Waals surface area contributed by atoms with Crippen LogP contribution in [0.1, 0.15) is 43.7 Å². The highest BCUT2D eigenvalue weighted by atomic mass is 16.5. The van der Waals surface area contributed by atoms with Gasteiger partial charge < -0.3 is 20.1 Å². The first kappa shape index (κ1) is 23.8. The van der Waals surface area contributed by atoms with Crippen LogP contribution in [0.2, 0.25) is 0 Å². The zero-order valence-electron chi connectivity index (χ0n) is 19.7. The second-order valence-corrected chi connectivity index (χ2v) is 9.59. The summed E-state index contributed by atoms with van der Waals surface area (Å²) in [6, 6.07) is 16.3. The molecule has 1 saturated heterocycles. The first-order chi connectivity index (χ1) is 16.3. The molecule has 0 saturated carbocycles. The average Bonchev–Trinajstić information content (AvgIpc) is 3.39. The van der Waals surface area contributed by atoms with Crippen LogP contribution in [0, 0.1) is 17.8 Å². The van der Waals surface area contributed by atoms with Crippen LogP contribution in [0.3, 0.4) is 0 Å². The van der Waals surface area contributed by atoms with E-state index in [1.807, 2.05) is 38.1 Å². The topological polar surface area (TPSA) is 95.9 Å². The number of alkyl carbamates (subject to hydrolysis) is 1. The van der Waals surface area contributed by atoms with Crippen LogP contribution in [0.25, 0.3) is 11.1 Å². The van der Waals surface area contributed by atoms with E-state index in [0.717, 1.165) is 11.1 Å². The molecule has 0 aromatic heterocycles. The van der Waals surface area contributed by atoms with E-state index >= 15 is 0 Å². The maximum atomic E-state index is 13.1. The molecule has 34 heavy (non-hydrogen) atoms. The van der Waals surface area contributed by atoms with Gasteiger partial charge in [0, 0.05) is 32.0 Å². The molecule has 4 rings (SSSR count). The number of ether oxygens (including phenoxy) is 1. The Labute approximate surface area is 200 Å². The highest BCUT2D eigenvalue weighted by Crippen LogP contribution is 2.44. The molecule has 7 heteroatoms. The second-order valence-electron chi connectivity index (χ2n) is 9.59. The van der Waals surface area contributed by atoms with Crippen molar-refractivity contribution in [3.8, 4) is 11.1 Å². The molecule has 0 radical (unpaired) electrons. The molecule has 2 atom stereocenters. The summed E-state index contributed by atoms with van der Waals surface area (Å²) in [5.74, 6) is -1.26. The molecule has 2 aliphatic rings. The zero-order chi connectivity index (χ0) is 24.2. The molecular formula is C27H32N2O5. The predicted octanol–water partition coefficient (Wildman–Crippen LogP) is 4.12. The van der Waals surface area contributed by atoms with Crippen molar-refractivity contribution < 1.29 is 24.2 Å². The van der Waals surface area contributed by atoms with Gasteiger partial charge in [-0.2, -0.15) is 0 Å². The Morgan fingerprint density at radius 3 is 2.26 bits per heavy atom. The van der Waals surface area contributed by atoms with Crippen LogP contribution in [-0.4, -0.2) is 54.2 Å². The number of carbonyl (C=O) groups excluding carboxylic acids is 2. The molecule has 2 N–H and O–H groups in total. The maximum absolute atomic E-state index is 13.1. The van der Waals surface area contributed by atoms with Gasteiger partial charge in [0.25, 0.3) is 0 Å². The van der Waals surface area contributed by atoms with E-state index in [9.17, 15) is 14.4 Å².